The number of nitrogens with one attached hydrogen (secondary N) is 1. The van der Waals surface area contributed by atoms with Crippen LogP contribution in [-0.4, -0.2) is 18.1 Å². The Bertz CT molecular complexity index is 686. The minimum Gasteiger partial charge on any atom is -0.872 e. The summed E-state index contributed by atoms with van der Waals surface area (Å²) in [5.74, 6) is 0.190. The Kier molecular flexibility index (Phi) is 6.61. The monoisotopic (exact) mass is 328 g/mol. The molecule has 1 heterocycles. The maximum atomic E-state index is 13.1. The molecule has 0 amide bonds. The first-order valence-electron chi connectivity index (χ1n) is 9.38. The third-order valence-corrected chi connectivity index (χ3v) is 4.87. The second-order valence-corrected chi connectivity index (χ2v) is 7.12. The standard InChI is InChI=1S/C21H32N2O/c1-6-8-10-23(11-9-7-2)14-19-17(5)22-20-16(4)12-15(3)13-18(20)21(19)24/h12-13H,6-11,14H2,1-5H3,(H,22,24). The Hall–Kier alpha value is -1.61. The largest absolute Gasteiger partial charge is 0.872 e. The first-order chi connectivity index (χ1) is 11.5. The molecule has 0 aliphatic carbocycles. The average Bonchev–Trinajstić information content (AvgIpc) is 2.54. The Morgan fingerprint density at radius 3 is 2.21 bits per heavy atom. The molecule has 3 heteroatoms. The molecule has 0 saturated heterocycles. The molecule has 1 aromatic carbocycles. The molecule has 0 fully saturated rings. The molecule has 0 radical (unpaired) electrons. The second kappa shape index (κ2) is 8.48. The molecule has 2 aromatic rings. The molecule has 0 aliphatic rings. The van der Waals surface area contributed by atoms with Gasteiger partial charge < -0.3 is 10.0 Å². The van der Waals surface area contributed by atoms with Crippen LogP contribution in [0, 0.1) is 20.8 Å². The summed E-state index contributed by atoms with van der Waals surface area (Å²) in [6, 6.07) is 4.10. The number of nitrogens with zero attached hydrogens (tertiary/aromatic N) is 1. The van der Waals surface area contributed by atoms with E-state index < -0.39 is 0 Å². The van der Waals surface area contributed by atoms with Gasteiger partial charge in [-0.15, -0.1) is 0 Å². The van der Waals surface area contributed by atoms with Gasteiger partial charge in [0.1, 0.15) is 6.54 Å². The molecule has 0 saturated carbocycles. The van der Waals surface area contributed by atoms with Gasteiger partial charge in [-0.2, -0.15) is 0 Å². The fraction of sp³-hybridized carbons (Fsp3) is 0.571. The number of unbranched alkanes of at least 4 members (excludes halogenated alkanes) is 2. The summed E-state index contributed by atoms with van der Waals surface area (Å²) in [6.45, 7) is 13.6. The Morgan fingerprint density at radius 2 is 1.62 bits per heavy atom. The van der Waals surface area contributed by atoms with Crippen LogP contribution in [0.3, 0.4) is 0 Å². The van der Waals surface area contributed by atoms with E-state index in [1.165, 1.54) is 30.6 Å². The summed E-state index contributed by atoms with van der Waals surface area (Å²) in [5, 5.41) is 13.9. The Labute approximate surface area is 146 Å². The highest BCUT2D eigenvalue weighted by Gasteiger charge is 2.15. The molecule has 24 heavy (non-hydrogen) atoms. The second-order valence-electron chi connectivity index (χ2n) is 7.12. The van der Waals surface area contributed by atoms with Gasteiger partial charge in [-0.1, -0.05) is 50.1 Å². The SMILES string of the molecule is CCCC[NH+](CCCC)Cc1c(C)nc2c(C)cc(C)cc2c1[O-]. The number of aromatic nitrogens is 1. The van der Waals surface area contributed by atoms with Crippen LogP contribution in [0.2, 0.25) is 0 Å². The zero-order chi connectivity index (χ0) is 17.7. The van der Waals surface area contributed by atoms with Crippen LogP contribution in [0.25, 0.3) is 10.9 Å². The molecular formula is C21H32N2O. The minimum atomic E-state index is 0.190. The number of quaternary nitrogens is 1. The number of fused-ring (bicyclic) bond motifs is 1. The van der Waals surface area contributed by atoms with E-state index in [-0.39, 0.29) is 5.75 Å². The number of benzene rings is 1. The summed E-state index contributed by atoms with van der Waals surface area (Å²) >= 11 is 0. The van der Waals surface area contributed by atoms with Gasteiger partial charge >= 0.3 is 0 Å². The fourth-order valence-corrected chi connectivity index (χ4v) is 3.46. The van der Waals surface area contributed by atoms with Crippen molar-refractivity contribution in [2.75, 3.05) is 13.1 Å². The zero-order valence-electron chi connectivity index (χ0n) is 16.0. The Morgan fingerprint density at radius 1 is 1.00 bits per heavy atom. The van der Waals surface area contributed by atoms with E-state index in [0.717, 1.165) is 52.9 Å². The van der Waals surface area contributed by atoms with E-state index in [1.807, 2.05) is 26.8 Å². The van der Waals surface area contributed by atoms with E-state index in [0.29, 0.717) is 0 Å². The van der Waals surface area contributed by atoms with Crippen molar-refractivity contribution >= 4 is 10.9 Å². The van der Waals surface area contributed by atoms with Crippen LogP contribution < -0.4 is 10.0 Å². The molecule has 2 rings (SSSR count). The van der Waals surface area contributed by atoms with E-state index in [4.69, 9.17) is 4.98 Å². The quantitative estimate of drug-likeness (QED) is 0.808. The van der Waals surface area contributed by atoms with E-state index in [9.17, 15) is 5.11 Å². The van der Waals surface area contributed by atoms with Gasteiger partial charge in [-0.25, -0.2) is 0 Å². The third-order valence-electron chi connectivity index (χ3n) is 4.87. The molecule has 132 valence electrons. The summed E-state index contributed by atoms with van der Waals surface area (Å²) in [6.07, 6.45) is 4.83. The van der Waals surface area contributed by atoms with Crippen LogP contribution >= 0.6 is 0 Å². The lowest BCUT2D eigenvalue weighted by Crippen LogP contribution is -3.10. The molecule has 0 unspecified atom stereocenters. The van der Waals surface area contributed by atoms with Gasteiger partial charge in [0.25, 0.3) is 0 Å². The van der Waals surface area contributed by atoms with Gasteiger partial charge in [0.15, 0.2) is 0 Å². The lowest BCUT2D eigenvalue weighted by atomic mass is 10.0. The fourth-order valence-electron chi connectivity index (χ4n) is 3.46. The number of hydrogen-bond donors (Lipinski definition) is 1. The van der Waals surface area contributed by atoms with Gasteiger partial charge in [0.2, 0.25) is 0 Å². The highest BCUT2D eigenvalue weighted by molar-refractivity contribution is 5.89. The van der Waals surface area contributed by atoms with Crippen molar-refractivity contribution in [2.45, 2.75) is 66.8 Å². The van der Waals surface area contributed by atoms with E-state index in [1.54, 1.807) is 0 Å². The average molecular weight is 329 g/mol. The van der Waals surface area contributed by atoms with Gasteiger partial charge in [0.05, 0.1) is 18.6 Å². The maximum Gasteiger partial charge on any atom is 0.104 e. The van der Waals surface area contributed by atoms with E-state index >= 15 is 0 Å². The smallest absolute Gasteiger partial charge is 0.104 e. The van der Waals surface area contributed by atoms with Crippen LogP contribution in [0.15, 0.2) is 12.1 Å². The molecule has 1 N–H and O–H groups in total. The van der Waals surface area contributed by atoms with Gasteiger partial charge in [-0.3, -0.25) is 4.98 Å². The number of hydrogen-bond acceptors (Lipinski definition) is 2. The summed E-state index contributed by atoms with van der Waals surface area (Å²) < 4.78 is 0. The first kappa shape index (κ1) is 18.7. The highest BCUT2D eigenvalue weighted by Crippen LogP contribution is 2.29. The van der Waals surface area contributed by atoms with Crippen molar-refractivity contribution in [3.05, 3.63) is 34.5 Å². The molecular weight excluding hydrogens is 296 g/mol. The minimum absolute atomic E-state index is 0.190. The Balaban J connectivity index is 2.39. The van der Waals surface area contributed by atoms with Crippen LogP contribution in [-0.2, 0) is 6.54 Å². The summed E-state index contributed by atoms with van der Waals surface area (Å²) in [7, 11) is 0. The van der Waals surface area contributed by atoms with Crippen molar-refractivity contribution in [2.24, 2.45) is 0 Å². The van der Waals surface area contributed by atoms with Crippen molar-refractivity contribution in [3.8, 4) is 5.75 Å². The van der Waals surface area contributed by atoms with E-state index in [2.05, 4.69) is 19.9 Å². The van der Waals surface area contributed by atoms with Crippen LogP contribution in [0.4, 0.5) is 0 Å². The van der Waals surface area contributed by atoms with Crippen molar-refractivity contribution < 1.29 is 10.0 Å². The molecule has 0 atom stereocenters. The molecule has 3 nitrogen and oxygen atoms in total. The number of rotatable bonds is 8. The zero-order valence-corrected chi connectivity index (χ0v) is 16.0. The van der Waals surface area contributed by atoms with Gasteiger partial charge in [0, 0.05) is 11.3 Å². The van der Waals surface area contributed by atoms with Crippen LogP contribution in [0.1, 0.15) is 61.9 Å². The summed E-state index contributed by atoms with van der Waals surface area (Å²) in [5.41, 5.74) is 4.92. The lowest BCUT2D eigenvalue weighted by Gasteiger charge is -2.25. The molecule has 0 bridgehead atoms. The van der Waals surface area contributed by atoms with Crippen LogP contribution in [0.5, 0.6) is 5.75 Å². The molecule has 1 aromatic heterocycles. The lowest BCUT2D eigenvalue weighted by molar-refractivity contribution is -0.914. The van der Waals surface area contributed by atoms with Crippen molar-refractivity contribution in [1.29, 1.82) is 0 Å². The van der Waals surface area contributed by atoms with Gasteiger partial charge in [-0.05, 0) is 44.6 Å². The van der Waals surface area contributed by atoms with Crippen molar-refractivity contribution in [1.82, 2.24) is 4.98 Å². The number of aryl methyl sites for hydroxylation is 3. The third kappa shape index (κ3) is 4.27. The van der Waals surface area contributed by atoms with Crippen molar-refractivity contribution in [3.63, 3.8) is 0 Å². The normalized spacial score (nSPS) is 11.6. The summed E-state index contributed by atoms with van der Waals surface area (Å²) in [4.78, 5) is 6.30. The topological polar surface area (TPSA) is 40.4 Å². The molecule has 0 spiro atoms. The highest BCUT2D eigenvalue weighted by atomic mass is 16.3. The predicted molar refractivity (Wildman–Crippen MR) is 99.6 cm³/mol. The molecule has 0 aliphatic heterocycles. The predicted octanol–water partition coefficient (Wildman–Crippen LogP) is 3.22. The maximum absolute atomic E-state index is 13.1. The first-order valence-corrected chi connectivity index (χ1v) is 9.38. The number of pyridine rings is 1.